The highest BCUT2D eigenvalue weighted by Gasteiger charge is 2.18. The molecule has 0 saturated heterocycles. The van der Waals surface area contributed by atoms with Crippen molar-refractivity contribution in [3.63, 3.8) is 0 Å². The first-order chi connectivity index (χ1) is 8.47. The average Bonchev–Trinajstić information content (AvgIpc) is 2.28. The Morgan fingerprint density at radius 1 is 1.28 bits per heavy atom. The summed E-state index contributed by atoms with van der Waals surface area (Å²) in [5.41, 5.74) is 1.79. The minimum Gasteiger partial charge on any atom is -0.343 e. The normalized spacial score (nSPS) is 12.1. The van der Waals surface area contributed by atoms with E-state index in [4.69, 9.17) is 0 Å². The maximum atomic E-state index is 12.1. The van der Waals surface area contributed by atoms with Gasteiger partial charge in [0, 0.05) is 24.5 Å². The standard InChI is InChI=1S/C13H22N4O/c1-6-17(7-2)12(18)11(5)16-13-14-9(3)8-10(4)15-13/h8,11H,6-7H2,1-5H3,(H,14,15,16). The molecule has 1 amide bonds. The van der Waals surface area contributed by atoms with Gasteiger partial charge in [-0.05, 0) is 40.7 Å². The number of amides is 1. The van der Waals surface area contributed by atoms with E-state index in [0.717, 1.165) is 24.5 Å². The molecule has 1 atom stereocenters. The summed E-state index contributed by atoms with van der Waals surface area (Å²) in [5, 5.41) is 3.06. The molecule has 1 rings (SSSR count). The van der Waals surface area contributed by atoms with E-state index >= 15 is 0 Å². The Kier molecular flexibility index (Phi) is 5.07. The minimum atomic E-state index is -0.314. The van der Waals surface area contributed by atoms with Crippen molar-refractivity contribution >= 4 is 11.9 Å². The third-order valence-electron chi connectivity index (χ3n) is 2.77. The number of nitrogens with zero attached hydrogens (tertiary/aromatic N) is 3. The van der Waals surface area contributed by atoms with Gasteiger partial charge < -0.3 is 10.2 Å². The molecule has 0 fully saturated rings. The van der Waals surface area contributed by atoms with Crippen LogP contribution in [0.15, 0.2) is 6.07 Å². The Balaban J connectivity index is 2.74. The number of hydrogen-bond donors (Lipinski definition) is 1. The summed E-state index contributed by atoms with van der Waals surface area (Å²) < 4.78 is 0. The van der Waals surface area contributed by atoms with E-state index in [1.165, 1.54) is 0 Å². The van der Waals surface area contributed by atoms with E-state index < -0.39 is 0 Å². The fourth-order valence-electron chi connectivity index (χ4n) is 1.86. The van der Waals surface area contributed by atoms with Crippen molar-refractivity contribution in [1.82, 2.24) is 14.9 Å². The van der Waals surface area contributed by atoms with Crippen LogP contribution in [0.2, 0.25) is 0 Å². The molecule has 0 aliphatic rings. The summed E-state index contributed by atoms with van der Waals surface area (Å²) in [6.07, 6.45) is 0. The summed E-state index contributed by atoms with van der Waals surface area (Å²) in [6, 6.07) is 1.59. The van der Waals surface area contributed by atoms with Crippen LogP contribution in [0.1, 0.15) is 32.2 Å². The van der Waals surface area contributed by atoms with Gasteiger partial charge in [-0.1, -0.05) is 0 Å². The van der Waals surface area contributed by atoms with Gasteiger partial charge in [-0.25, -0.2) is 9.97 Å². The van der Waals surface area contributed by atoms with Crippen molar-refractivity contribution in [2.24, 2.45) is 0 Å². The molecular formula is C13H22N4O. The molecule has 0 radical (unpaired) electrons. The zero-order valence-corrected chi connectivity index (χ0v) is 11.8. The SMILES string of the molecule is CCN(CC)C(=O)C(C)Nc1nc(C)cc(C)n1. The summed E-state index contributed by atoms with van der Waals surface area (Å²) in [6.45, 7) is 11.0. The lowest BCUT2D eigenvalue weighted by Gasteiger charge is -2.23. The maximum Gasteiger partial charge on any atom is 0.244 e. The van der Waals surface area contributed by atoms with Gasteiger partial charge in [0.15, 0.2) is 0 Å². The van der Waals surface area contributed by atoms with E-state index in [2.05, 4.69) is 15.3 Å². The average molecular weight is 250 g/mol. The number of aromatic nitrogens is 2. The van der Waals surface area contributed by atoms with Gasteiger partial charge >= 0.3 is 0 Å². The predicted octanol–water partition coefficient (Wildman–Crippen LogP) is 1.76. The van der Waals surface area contributed by atoms with Crippen LogP contribution in [-0.2, 0) is 4.79 Å². The first kappa shape index (κ1) is 14.4. The first-order valence-electron chi connectivity index (χ1n) is 6.35. The third-order valence-corrected chi connectivity index (χ3v) is 2.77. The molecular weight excluding hydrogens is 228 g/mol. The van der Waals surface area contributed by atoms with E-state index in [-0.39, 0.29) is 11.9 Å². The summed E-state index contributed by atoms with van der Waals surface area (Å²) in [5.74, 6) is 0.586. The van der Waals surface area contributed by atoms with Crippen LogP contribution in [0.25, 0.3) is 0 Å². The van der Waals surface area contributed by atoms with Crippen LogP contribution < -0.4 is 5.32 Å². The predicted molar refractivity (Wildman–Crippen MR) is 72.5 cm³/mol. The number of carbonyl (C=O) groups excluding carboxylic acids is 1. The molecule has 1 unspecified atom stereocenters. The Morgan fingerprint density at radius 3 is 2.22 bits per heavy atom. The molecule has 5 nitrogen and oxygen atoms in total. The summed E-state index contributed by atoms with van der Waals surface area (Å²) in [7, 11) is 0. The van der Waals surface area contributed by atoms with Crippen molar-refractivity contribution in [3.05, 3.63) is 17.5 Å². The molecule has 5 heteroatoms. The lowest BCUT2D eigenvalue weighted by Crippen LogP contribution is -2.41. The van der Waals surface area contributed by atoms with E-state index in [1.807, 2.05) is 40.7 Å². The van der Waals surface area contributed by atoms with Gasteiger partial charge in [-0.15, -0.1) is 0 Å². The van der Waals surface area contributed by atoms with Crippen LogP contribution in [0, 0.1) is 13.8 Å². The lowest BCUT2D eigenvalue weighted by atomic mass is 10.3. The zero-order valence-electron chi connectivity index (χ0n) is 11.8. The van der Waals surface area contributed by atoms with Crippen molar-refractivity contribution < 1.29 is 4.79 Å². The molecule has 0 aliphatic heterocycles. The Hall–Kier alpha value is -1.65. The van der Waals surface area contributed by atoms with Gasteiger partial charge in [0.25, 0.3) is 0 Å². The van der Waals surface area contributed by atoms with Crippen LogP contribution in [0.5, 0.6) is 0 Å². The van der Waals surface area contributed by atoms with Gasteiger partial charge in [0.05, 0.1) is 0 Å². The van der Waals surface area contributed by atoms with E-state index in [9.17, 15) is 4.79 Å². The molecule has 1 N–H and O–H groups in total. The molecule has 18 heavy (non-hydrogen) atoms. The highest BCUT2D eigenvalue weighted by Crippen LogP contribution is 2.06. The van der Waals surface area contributed by atoms with Gasteiger partial charge in [0.2, 0.25) is 11.9 Å². The first-order valence-corrected chi connectivity index (χ1v) is 6.35. The second-order valence-electron chi connectivity index (χ2n) is 4.35. The Labute approximate surface area is 109 Å². The number of carbonyl (C=O) groups is 1. The maximum absolute atomic E-state index is 12.1. The van der Waals surface area contributed by atoms with Crippen LogP contribution in [-0.4, -0.2) is 39.9 Å². The number of hydrogen-bond acceptors (Lipinski definition) is 4. The summed E-state index contributed by atoms with van der Waals surface area (Å²) >= 11 is 0. The van der Waals surface area contributed by atoms with E-state index in [1.54, 1.807) is 4.90 Å². The Morgan fingerprint density at radius 2 is 1.78 bits per heavy atom. The minimum absolute atomic E-state index is 0.0720. The highest BCUT2D eigenvalue weighted by molar-refractivity contribution is 5.83. The van der Waals surface area contributed by atoms with Crippen molar-refractivity contribution in [2.45, 2.75) is 40.7 Å². The van der Waals surface area contributed by atoms with Crippen LogP contribution in [0.3, 0.4) is 0 Å². The molecule has 0 aromatic carbocycles. The van der Waals surface area contributed by atoms with Crippen LogP contribution >= 0.6 is 0 Å². The molecule has 1 heterocycles. The monoisotopic (exact) mass is 250 g/mol. The second kappa shape index (κ2) is 6.33. The van der Waals surface area contributed by atoms with Gasteiger partial charge in [0.1, 0.15) is 6.04 Å². The molecule has 1 aromatic heterocycles. The van der Waals surface area contributed by atoms with Gasteiger partial charge in [-0.2, -0.15) is 0 Å². The highest BCUT2D eigenvalue weighted by atomic mass is 16.2. The number of nitrogens with one attached hydrogen (secondary N) is 1. The van der Waals surface area contributed by atoms with E-state index in [0.29, 0.717) is 5.95 Å². The van der Waals surface area contributed by atoms with Crippen molar-refractivity contribution in [1.29, 1.82) is 0 Å². The quantitative estimate of drug-likeness (QED) is 0.865. The zero-order chi connectivity index (χ0) is 13.7. The topological polar surface area (TPSA) is 58.1 Å². The lowest BCUT2D eigenvalue weighted by molar-refractivity contribution is -0.131. The van der Waals surface area contributed by atoms with Crippen molar-refractivity contribution in [2.75, 3.05) is 18.4 Å². The van der Waals surface area contributed by atoms with Crippen LogP contribution in [0.4, 0.5) is 5.95 Å². The van der Waals surface area contributed by atoms with Gasteiger partial charge in [-0.3, -0.25) is 4.79 Å². The number of rotatable bonds is 5. The molecule has 0 aliphatic carbocycles. The number of aryl methyl sites for hydroxylation is 2. The third kappa shape index (κ3) is 3.68. The fraction of sp³-hybridized carbons (Fsp3) is 0.615. The van der Waals surface area contributed by atoms with Crippen molar-refractivity contribution in [3.8, 4) is 0 Å². The smallest absolute Gasteiger partial charge is 0.244 e. The molecule has 0 spiro atoms. The summed E-state index contributed by atoms with van der Waals surface area (Å²) in [4.78, 5) is 22.4. The fourth-order valence-corrected chi connectivity index (χ4v) is 1.86. The molecule has 0 bridgehead atoms. The largest absolute Gasteiger partial charge is 0.343 e. The molecule has 1 aromatic rings. The number of anilines is 1. The molecule has 0 saturated carbocycles. The number of likely N-dealkylation sites (N-methyl/N-ethyl adjacent to an activating group) is 1. The second-order valence-corrected chi connectivity index (χ2v) is 4.35. The molecule has 100 valence electrons. The Bertz CT molecular complexity index is 395.